The fourth-order valence-electron chi connectivity index (χ4n) is 16.4. The molecule has 1 amide bonds. The zero-order chi connectivity index (χ0) is 61.4. The van der Waals surface area contributed by atoms with Gasteiger partial charge in [0.2, 0.25) is 11.3 Å². The number of rotatable bonds is 11. The number of nitro groups is 1. The number of nitrogens with one attached hydrogen (secondary N) is 1. The highest BCUT2D eigenvalue weighted by molar-refractivity contribution is 6.26. The van der Waals surface area contributed by atoms with Crippen LogP contribution >= 0.6 is 0 Å². The average molecular weight is 1190 g/mol. The number of carbonyl (C=O) groups excluding carboxylic acids is 3. The normalized spacial score (nSPS) is 49.4. The van der Waals surface area contributed by atoms with Crippen molar-refractivity contribution < 1.29 is 97.7 Å². The second-order valence-corrected chi connectivity index (χ2v) is 26.4. The van der Waals surface area contributed by atoms with Crippen molar-refractivity contribution in [1.82, 2.24) is 5.32 Å². The summed E-state index contributed by atoms with van der Waals surface area (Å²) in [6, 6.07) is -1.08. The molecule has 5 aliphatic carbocycles. The number of hydrogen-bond acceptors (Lipinski definition) is 21. The van der Waals surface area contributed by atoms with Crippen LogP contribution in [-0.4, -0.2) is 194 Å². The molecule has 8 N–H and O–H groups in total. The van der Waals surface area contributed by atoms with Crippen molar-refractivity contribution >= 4 is 17.8 Å². The van der Waals surface area contributed by atoms with Crippen LogP contribution in [0.3, 0.4) is 0 Å². The zero-order valence-electron chi connectivity index (χ0n) is 50.3. The first-order valence-electron chi connectivity index (χ1n) is 29.9. The molecule has 23 nitrogen and oxygen atoms in total. The first-order valence-corrected chi connectivity index (χ1v) is 29.9. The van der Waals surface area contributed by atoms with E-state index >= 15 is 4.79 Å². The molecular formula is C61H90N2O21. The van der Waals surface area contributed by atoms with Gasteiger partial charge in [0.15, 0.2) is 18.2 Å². The Kier molecular flexibility index (Phi) is 18.7. The van der Waals surface area contributed by atoms with Gasteiger partial charge in [0.25, 0.3) is 0 Å². The van der Waals surface area contributed by atoms with Crippen molar-refractivity contribution in [2.45, 2.75) is 235 Å². The van der Waals surface area contributed by atoms with Gasteiger partial charge < -0.3 is 83.7 Å². The number of ketones is 1. The van der Waals surface area contributed by atoms with Gasteiger partial charge in [-0.1, -0.05) is 63.6 Å². The van der Waals surface area contributed by atoms with Crippen LogP contribution in [0.2, 0.25) is 0 Å². The number of amides is 1. The number of Topliss-reactive ketones (excluding diaryl/α,β-unsaturated/α-hetero) is 1. The molecule has 6 fully saturated rings. The van der Waals surface area contributed by atoms with Crippen molar-refractivity contribution in [3.63, 3.8) is 0 Å². The third kappa shape index (κ3) is 11.3. The van der Waals surface area contributed by atoms with Gasteiger partial charge in [0, 0.05) is 67.8 Å². The molecule has 27 atom stereocenters. The number of esters is 1. The van der Waals surface area contributed by atoms with Gasteiger partial charge in [0.05, 0.1) is 87.3 Å². The summed E-state index contributed by atoms with van der Waals surface area (Å²) in [6.45, 7) is 17.0. The lowest BCUT2D eigenvalue weighted by atomic mass is 9.50. The summed E-state index contributed by atoms with van der Waals surface area (Å²) in [5.74, 6) is -6.58. The molecule has 3 bridgehead atoms. The number of aliphatic hydroxyl groups is 7. The summed E-state index contributed by atoms with van der Waals surface area (Å²) in [5.41, 5.74) is -5.63. The molecule has 0 aromatic carbocycles. The lowest BCUT2D eigenvalue weighted by Crippen LogP contribution is -2.65. The minimum absolute atomic E-state index is 0.0419. The Morgan fingerprint density at radius 2 is 1.50 bits per heavy atom. The van der Waals surface area contributed by atoms with Crippen LogP contribution in [0.25, 0.3) is 0 Å². The maximum atomic E-state index is 15.3. The van der Waals surface area contributed by atoms with Crippen LogP contribution < -0.4 is 5.32 Å². The Balaban J connectivity index is 1.01. The molecule has 4 heterocycles. The van der Waals surface area contributed by atoms with Gasteiger partial charge in [-0.25, -0.2) is 9.59 Å². The van der Waals surface area contributed by atoms with Gasteiger partial charge >= 0.3 is 12.1 Å². The van der Waals surface area contributed by atoms with Gasteiger partial charge in [-0.05, 0) is 88.7 Å². The van der Waals surface area contributed by atoms with Crippen molar-refractivity contribution in [2.24, 2.45) is 46.8 Å². The van der Waals surface area contributed by atoms with Crippen LogP contribution in [0.1, 0.15) is 121 Å². The quantitative estimate of drug-likeness (QED) is 0.0469. The largest absolute Gasteiger partial charge is 0.511 e. The average Bonchev–Trinajstić information content (AvgIpc) is 1.43. The molecule has 470 valence electrons. The van der Waals surface area contributed by atoms with Crippen LogP contribution in [0.5, 0.6) is 0 Å². The molecule has 84 heavy (non-hydrogen) atoms. The van der Waals surface area contributed by atoms with Gasteiger partial charge in [-0.3, -0.25) is 14.9 Å². The molecule has 1 spiro atoms. The fourth-order valence-corrected chi connectivity index (χ4v) is 16.4. The van der Waals surface area contributed by atoms with Crippen LogP contribution in [0.15, 0.2) is 58.4 Å². The lowest BCUT2D eigenvalue weighted by Gasteiger charge is -2.56. The molecule has 4 saturated heterocycles. The number of ether oxygens (including phenoxy) is 9. The molecule has 9 aliphatic rings. The Labute approximate surface area is 490 Å². The molecule has 17 unspecified atom stereocenters. The Morgan fingerprint density at radius 3 is 2.14 bits per heavy atom. The third-order valence-electron chi connectivity index (χ3n) is 21.0. The van der Waals surface area contributed by atoms with Gasteiger partial charge in [0.1, 0.15) is 35.2 Å². The number of nitrogens with zero attached hydrogens (tertiary/aromatic N) is 1. The maximum absolute atomic E-state index is 15.3. The Bertz CT molecular complexity index is 2640. The van der Waals surface area contributed by atoms with Crippen LogP contribution in [-0.2, 0) is 52.2 Å². The molecule has 4 aliphatic heterocycles. The summed E-state index contributed by atoms with van der Waals surface area (Å²) < 4.78 is 54.8. The van der Waals surface area contributed by atoms with E-state index in [0.717, 1.165) is 7.11 Å². The molecule has 9 rings (SSSR count). The number of methoxy groups -OCH3 is 2. The number of alkyl carbamates (subject to hydrolysis) is 1. The van der Waals surface area contributed by atoms with E-state index < -0.39 is 196 Å². The van der Waals surface area contributed by atoms with Crippen molar-refractivity contribution in [3.05, 3.63) is 68.5 Å². The number of aliphatic hydroxyl groups excluding tert-OH is 6. The first kappa shape index (κ1) is 64.3. The predicted molar refractivity (Wildman–Crippen MR) is 298 cm³/mol. The van der Waals surface area contributed by atoms with E-state index in [4.69, 9.17) is 42.6 Å². The summed E-state index contributed by atoms with van der Waals surface area (Å²) in [5, 5.41) is 98.5. The van der Waals surface area contributed by atoms with E-state index in [2.05, 4.69) is 5.32 Å². The highest BCUT2D eigenvalue weighted by atomic mass is 16.7. The van der Waals surface area contributed by atoms with E-state index in [1.54, 1.807) is 41.5 Å². The molecule has 0 radical (unpaired) electrons. The van der Waals surface area contributed by atoms with Gasteiger partial charge in [-0.15, -0.1) is 0 Å². The molecule has 23 heteroatoms. The Hall–Kier alpha value is -4.21. The molecule has 0 aromatic rings. The van der Waals surface area contributed by atoms with Crippen LogP contribution in [0.4, 0.5) is 4.79 Å². The zero-order valence-corrected chi connectivity index (χ0v) is 50.3. The fraction of sp³-hybridized carbons (Fsp3) is 0.787. The standard InChI is InChI=1S/C61H90N2O21/c1-27-13-16-42(82-46-25-58(9,63(74)75)52(34(8)80-46)62-57(72)77-12)28(2)17-35-20-36(26-64)31(5)61(23-35)55(70)47(56(71)84-61)54(69)59(10)39(27)15-14-38-48(59)29(3)19-43(49(38)67)81-37-18-30(4)53(68)60(73,24-37)44-21-40(65)51(33(7)78-44)83-45-22-41(66)50(76-11)32(6)79-45/h13-15,17,20,29-35,37-46,48-53,64-69,73H,16,18-19,21-26H2,1-12H3,(H,62,72)/b27-13+,28-17+,54-47?/t29-,30?,31-,32?,33?,34?,35+,37?,38-,39-,40?,41?,42-,43-,44?,45?,46?,48+,49+,50?,51?,52?,53?,58?,59+,60?,61?/m0/s1. The minimum atomic E-state index is -1.90. The van der Waals surface area contributed by atoms with E-state index in [-0.39, 0.29) is 50.9 Å². The molecule has 2 saturated carbocycles. The monoisotopic (exact) mass is 1190 g/mol. The van der Waals surface area contributed by atoms with E-state index in [9.17, 15) is 55.4 Å². The van der Waals surface area contributed by atoms with E-state index in [1.807, 2.05) is 51.2 Å². The Morgan fingerprint density at radius 1 is 0.821 bits per heavy atom. The third-order valence-corrected chi connectivity index (χ3v) is 21.0. The predicted octanol–water partition coefficient (Wildman–Crippen LogP) is 4.35. The summed E-state index contributed by atoms with van der Waals surface area (Å²) >= 11 is 0. The number of fused-ring (bicyclic) bond motifs is 5. The second-order valence-electron chi connectivity index (χ2n) is 26.4. The van der Waals surface area contributed by atoms with Crippen molar-refractivity contribution in [1.29, 1.82) is 0 Å². The second kappa shape index (κ2) is 24.4. The highest BCUT2D eigenvalue weighted by Crippen LogP contribution is 2.60. The summed E-state index contributed by atoms with van der Waals surface area (Å²) in [7, 11) is 2.65. The highest BCUT2D eigenvalue weighted by Gasteiger charge is 2.65. The van der Waals surface area contributed by atoms with E-state index in [0.29, 0.717) is 23.1 Å². The van der Waals surface area contributed by atoms with Gasteiger partial charge in [-0.2, -0.15) is 0 Å². The minimum Gasteiger partial charge on any atom is -0.511 e. The van der Waals surface area contributed by atoms with E-state index in [1.165, 1.54) is 14.0 Å². The first-order chi connectivity index (χ1) is 39.5. The maximum Gasteiger partial charge on any atom is 0.407 e. The number of allylic oxidation sites excluding steroid dienone is 5. The SMILES string of the molecule is COC(=O)NC1C(C)OC(O[C@H]2C/C=C(\C)[C@@H]3C=C[C@@H]4[C@@H](O)[C@@H](OC5CC(C)C(O)C(O)(C6CC(O)C(OC7CC(O)C(OC)C(C)O7)C(C)O6)C5)C[C@H](C)[C@H]4[C@]3(C)C(O)=C3C(=O)OC4(C[C@@H](C=C(CO)[C@@H]4C)/C=C/2C)C3=O)CC1(C)[N+](=O)[O-]. The molecule has 0 aromatic heterocycles. The van der Waals surface area contributed by atoms with Crippen molar-refractivity contribution in [2.75, 3.05) is 20.8 Å². The smallest absolute Gasteiger partial charge is 0.407 e. The number of carbonyl (C=O) groups is 3. The molecular weight excluding hydrogens is 1100 g/mol. The summed E-state index contributed by atoms with van der Waals surface area (Å²) in [6.07, 6.45) is -4.69. The lowest BCUT2D eigenvalue weighted by molar-refractivity contribution is -0.584. The summed E-state index contributed by atoms with van der Waals surface area (Å²) in [4.78, 5) is 54.6. The van der Waals surface area contributed by atoms with Crippen molar-refractivity contribution in [3.8, 4) is 0 Å². The topological polar surface area (TPSA) is 331 Å². The van der Waals surface area contributed by atoms with Crippen LogP contribution in [0, 0.1) is 57.0 Å². The number of hydrogen-bond donors (Lipinski definition) is 8.